The van der Waals surface area contributed by atoms with Gasteiger partial charge in [0.1, 0.15) is 11.5 Å². The van der Waals surface area contributed by atoms with Crippen molar-refractivity contribution >= 4 is 28.9 Å². The zero-order valence-electron chi connectivity index (χ0n) is 17.3. The monoisotopic (exact) mass is 424 g/mol. The van der Waals surface area contributed by atoms with Gasteiger partial charge in [0, 0.05) is 5.56 Å². The van der Waals surface area contributed by atoms with E-state index in [1.165, 1.54) is 6.21 Å². The molecule has 1 N–H and O–H groups in total. The molecule has 4 aromatic rings. The summed E-state index contributed by atoms with van der Waals surface area (Å²) in [6, 6.07) is 26.8. The van der Waals surface area contributed by atoms with Crippen LogP contribution in [-0.4, -0.2) is 25.2 Å². The molecule has 158 valence electrons. The Morgan fingerprint density at radius 1 is 0.812 bits per heavy atom. The summed E-state index contributed by atoms with van der Waals surface area (Å²) in [6.45, 7) is 0. The molecule has 0 saturated carbocycles. The van der Waals surface area contributed by atoms with Crippen LogP contribution in [0.1, 0.15) is 26.3 Å². The maximum Gasteiger partial charge on any atom is 0.344 e. The summed E-state index contributed by atoms with van der Waals surface area (Å²) < 4.78 is 10.6. The summed E-state index contributed by atoms with van der Waals surface area (Å²) in [5.74, 6) is 0.341. The third kappa shape index (κ3) is 4.82. The second-order valence-corrected chi connectivity index (χ2v) is 6.91. The molecule has 6 heteroatoms. The third-order valence-electron chi connectivity index (χ3n) is 4.83. The maximum atomic E-state index is 12.6. The number of fused-ring (bicyclic) bond motifs is 1. The molecule has 1 amide bonds. The topological polar surface area (TPSA) is 77.0 Å². The van der Waals surface area contributed by atoms with Gasteiger partial charge in [-0.3, -0.25) is 4.79 Å². The van der Waals surface area contributed by atoms with Crippen LogP contribution in [-0.2, 0) is 0 Å². The summed E-state index contributed by atoms with van der Waals surface area (Å²) in [6.07, 6.45) is 1.51. The molecule has 0 atom stereocenters. The fourth-order valence-electron chi connectivity index (χ4n) is 3.16. The predicted octanol–water partition coefficient (Wildman–Crippen LogP) is 4.83. The number of benzene rings is 4. The van der Waals surface area contributed by atoms with Gasteiger partial charge in [0.05, 0.1) is 18.9 Å². The predicted molar refractivity (Wildman–Crippen MR) is 123 cm³/mol. The van der Waals surface area contributed by atoms with E-state index in [1.807, 2.05) is 36.4 Å². The van der Waals surface area contributed by atoms with E-state index < -0.39 is 5.97 Å². The average Bonchev–Trinajstić information content (AvgIpc) is 2.84. The van der Waals surface area contributed by atoms with E-state index in [2.05, 4.69) is 10.5 Å². The molecule has 4 aromatic carbocycles. The van der Waals surface area contributed by atoms with Gasteiger partial charge in [-0.1, -0.05) is 36.4 Å². The molecule has 0 spiro atoms. The molecule has 0 radical (unpaired) electrons. The lowest BCUT2D eigenvalue weighted by Crippen LogP contribution is -2.17. The summed E-state index contributed by atoms with van der Waals surface area (Å²) >= 11 is 0. The fourth-order valence-corrected chi connectivity index (χ4v) is 3.16. The van der Waals surface area contributed by atoms with Crippen molar-refractivity contribution in [3.8, 4) is 11.5 Å². The van der Waals surface area contributed by atoms with E-state index in [9.17, 15) is 9.59 Å². The van der Waals surface area contributed by atoms with Crippen molar-refractivity contribution < 1.29 is 19.1 Å². The highest BCUT2D eigenvalue weighted by molar-refractivity contribution is 6.05. The number of rotatable bonds is 6. The Balaban J connectivity index is 1.37. The van der Waals surface area contributed by atoms with Gasteiger partial charge in [0.2, 0.25) is 0 Å². The van der Waals surface area contributed by atoms with Gasteiger partial charge in [-0.05, 0) is 70.9 Å². The highest BCUT2D eigenvalue weighted by Crippen LogP contribution is 2.21. The number of nitrogens with one attached hydrogen (secondary N) is 1. The Hall–Kier alpha value is -4.45. The van der Waals surface area contributed by atoms with Crippen LogP contribution >= 0.6 is 0 Å². The van der Waals surface area contributed by atoms with Gasteiger partial charge in [-0.2, -0.15) is 5.10 Å². The van der Waals surface area contributed by atoms with Crippen molar-refractivity contribution in [2.24, 2.45) is 5.10 Å². The van der Waals surface area contributed by atoms with Crippen molar-refractivity contribution in [3.63, 3.8) is 0 Å². The van der Waals surface area contributed by atoms with Crippen molar-refractivity contribution in [1.29, 1.82) is 0 Å². The fraction of sp³-hybridized carbons (Fsp3) is 0.0385. The summed E-state index contributed by atoms with van der Waals surface area (Å²) in [7, 11) is 1.56. The number of methoxy groups -OCH3 is 1. The first kappa shape index (κ1) is 20.8. The van der Waals surface area contributed by atoms with Crippen LogP contribution in [0.3, 0.4) is 0 Å². The molecule has 4 rings (SSSR count). The Morgan fingerprint density at radius 3 is 2.25 bits per heavy atom. The van der Waals surface area contributed by atoms with Crippen LogP contribution in [0.2, 0.25) is 0 Å². The average molecular weight is 424 g/mol. The van der Waals surface area contributed by atoms with E-state index in [0.717, 1.165) is 16.3 Å². The van der Waals surface area contributed by atoms with Crippen molar-refractivity contribution in [1.82, 2.24) is 5.43 Å². The van der Waals surface area contributed by atoms with Gasteiger partial charge >= 0.3 is 5.97 Å². The standard InChI is InChI=1S/C26H20N2O4/c1-31-21-15-11-20(12-16-21)25(29)28-27-17-18-9-13-22(14-10-18)32-26(30)24-8-4-6-19-5-2-3-7-23(19)24/h2-17H,1H3,(H,28,29)/b27-17-. The van der Waals surface area contributed by atoms with E-state index in [-0.39, 0.29) is 5.91 Å². The molecule has 0 aliphatic carbocycles. The minimum atomic E-state index is -0.421. The number of ether oxygens (including phenoxy) is 2. The Labute approximate surface area is 185 Å². The molecule has 0 aromatic heterocycles. The van der Waals surface area contributed by atoms with Crippen LogP contribution in [0.15, 0.2) is 96.1 Å². The number of amides is 1. The highest BCUT2D eigenvalue weighted by Gasteiger charge is 2.12. The SMILES string of the molecule is COc1ccc(C(=O)N/N=C\c2ccc(OC(=O)c3cccc4ccccc34)cc2)cc1. The first-order valence-corrected chi connectivity index (χ1v) is 9.91. The first-order valence-electron chi connectivity index (χ1n) is 9.91. The van der Waals surface area contributed by atoms with E-state index in [1.54, 1.807) is 61.7 Å². The number of esters is 1. The summed E-state index contributed by atoms with van der Waals surface area (Å²) in [5.41, 5.74) is 4.20. The lowest BCUT2D eigenvalue weighted by molar-refractivity contribution is 0.0736. The Bertz CT molecular complexity index is 1270. The smallest absolute Gasteiger partial charge is 0.344 e. The van der Waals surface area contributed by atoms with Gasteiger partial charge in [0.15, 0.2) is 0 Å². The molecule has 0 aliphatic rings. The molecule has 0 heterocycles. The van der Waals surface area contributed by atoms with Crippen molar-refractivity contribution in [2.45, 2.75) is 0 Å². The largest absolute Gasteiger partial charge is 0.497 e. The molecule has 0 fully saturated rings. The zero-order valence-corrected chi connectivity index (χ0v) is 17.3. The van der Waals surface area contributed by atoms with E-state index >= 15 is 0 Å². The molecular formula is C26H20N2O4. The Morgan fingerprint density at radius 2 is 1.50 bits per heavy atom. The van der Waals surface area contributed by atoms with Crippen LogP contribution in [0.25, 0.3) is 10.8 Å². The third-order valence-corrected chi connectivity index (χ3v) is 4.83. The van der Waals surface area contributed by atoms with Crippen LogP contribution < -0.4 is 14.9 Å². The lowest BCUT2D eigenvalue weighted by Gasteiger charge is -2.07. The van der Waals surface area contributed by atoms with Crippen molar-refractivity contribution in [3.05, 3.63) is 108 Å². The highest BCUT2D eigenvalue weighted by atomic mass is 16.5. The number of hydrogen-bond donors (Lipinski definition) is 1. The molecule has 32 heavy (non-hydrogen) atoms. The number of carbonyl (C=O) groups is 2. The molecule has 0 bridgehead atoms. The summed E-state index contributed by atoms with van der Waals surface area (Å²) in [5, 5.41) is 5.79. The molecular weight excluding hydrogens is 404 g/mol. The van der Waals surface area contributed by atoms with Crippen molar-refractivity contribution in [2.75, 3.05) is 7.11 Å². The van der Waals surface area contributed by atoms with Crippen LogP contribution in [0.4, 0.5) is 0 Å². The number of hydrogen-bond acceptors (Lipinski definition) is 5. The lowest BCUT2D eigenvalue weighted by atomic mass is 10.0. The number of hydrazone groups is 1. The molecule has 0 unspecified atom stereocenters. The van der Waals surface area contributed by atoms with E-state index in [4.69, 9.17) is 9.47 Å². The Kier molecular flexibility index (Phi) is 6.22. The van der Waals surface area contributed by atoms with Crippen LogP contribution in [0.5, 0.6) is 11.5 Å². The quantitative estimate of drug-likeness (QED) is 0.208. The van der Waals surface area contributed by atoms with Gasteiger partial charge in [-0.15, -0.1) is 0 Å². The summed E-state index contributed by atoms with van der Waals surface area (Å²) in [4.78, 5) is 24.7. The van der Waals surface area contributed by atoms with Gasteiger partial charge in [-0.25, -0.2) is 10.2 Å². The molecule has 0 saturated heterocycles. The van der Waals surface area contributed by atoms with Gasteiger partial charge in [0.25, 0.3) is 5.91 Å². The normalized spacial score (nSPS) is 10.8. The minimum absolute atomic E-state index is 0.329. The van der Waals surface area contributed by atoms with Crippen LogP contribution in [0, 0.1) is 0 Å². The molecule has 0 aliphatic heterocycles. The second-order valence-electron chi connectivity index (χ2n) is 6.91. The molecule has 6 nitrogen and oxygen atoms in total. The second kappa shape index (κ2) is 9.57. The first-order chi connectivity index (χ1) is 15.6. The number of nitrogens with zero attached hydrogens (tertiary/aromatic N) is 1. The minimum Gasteiger partial charge on any atom is -0.497 e. The van der Waals surface area contributed by atoms with Gasteiger partial charge < -0.3 is 9.47 Å². The zero-order chi connectivity index (χ0) is 22.3. The number of carbonyl (C=O) groups excluding carboxylic acids is 2. The van der Waals surface area contributed by atoms with E-state index in [0.29, 0.717) is 22.6 Å². The maximum absolute atomic E-state index is 12.6.